The van der Waals surface area contributed by atoms with Gasteiger partial charge in [-0.2, -0.15) is 0 Å². The fourth-order valence-corrected chi connectivity index (χ4v) is 7.55. The van der Waals surface area contributed by atoms with Crippen LogP contribution in [0.2, 0.25) is 10.0 Å². The van der Waals surface area contributed by atoms with Crippen molar-refractivity contribution in [3.8, 4) is 0 Å². The van der Waals surface area contributed by atoms with E-state index >= 15 is 0 Å². The second kappa shape index (κ2) is 14.6. The number of aryl methyl sites for hydroxylation is 2. The van der Waals surface area contributed by atoms with Gasteiger partial charge in [0.25, 0.3) is 10.0 Å². The van der Waals surface area contributed by atoms with Gasteiger partial charge in [-0.3, -0.25) is 13.9 Å². The molecule has 7 nitrogen and oxygen atoms in total. The lowest BCUT2D eigenvalue weighted by molar-refractivity contribution is -0.140. The lowest BCUT2D eigenvalue weighted by Crippen LogP contribution is -2.54. The van der Waals surface area contributed by atoms with Gasteiger partial charge in [-0.25, -0.2) is 8.42 Å². The van der Waals surface area contributed by atoms with E-state index in [2.05, 4.69) is 5.32 Å². The van der Waals surface area contributed by atoms with E-state index in [1.54, 1.807) is 49.4 Å². The zero-order chi connectivity index (χ0) is 31.1. The highest BCUT2D eigenvalue weighted by molar-refractivity contribution is 7.92. The van der Waals surface area contributed by atoms with Crippen molar-refractivity contribution >= 4 is 50.7 Å². The van der Waals surface area contributed by atoms with Crippen LogP contribution in [0, 0.1) is 13.8 Å². The third-order valence-corrected chi connectivity index (χ3v) is 10.5. The van der Waals surface area contributed by atoms with E-state index in [1.165, 1.54) is 17.0 Å². The Kier molecular flexibility index (Phi) is 11.2. The second-order valence-corrected chi connectivity index (χ2v) is 13.8. The number of carbonyl (C=O) groups excluding carboxylic acids is 2. The summed E-state index contributed by atoms with van der Waals surface area (Å²) < 4.78 is 29.3. The zero-order valence-corrected chi connectivity index (χ0v) is 27.2. The molecule has 1 aliphatic rings. The predicted octanol–water partition coefficient (Wildman–Crippen LogP) is 7.06. The molecule has 10 heteroatoms. The molecule has 0 saturated heterocycles. The molecule has 3 aromatic carbocycles. The molecular weight excluding hydrogens is 605 g/mol. The topological polar surface area (TPSA) is 86.8 Å². The maximum absolute atomic E-state index is 14.4. The van der Waals surface area contributed by atoms with Crippen LogP contribution in [0.3, 0.4) is 0 Å². The summed E-state index contributed by atoms with van der Waals surface area (Å²) in [5.41, 5.74) is 2.43. The van der Waals surface area contributed by atoms with E-state index in [4.69, 9.17) is 23.2 Å². The molecule has 0 bridgehead atoms. The number of nitrogens with one attached hydrogen (secondary N) is 1. The van der Waals surface area contributed by atoms with E-state index in [0.717, 1.165) is 42.0 Å². The minimum atomic E-state index is -4.15. The summed E-state index contributed by atoms with van der Waals surface area (Å²) in [6.07, 6.45) is 5.33. The Labute approximate surface area is 265 Å². The van der Waals surface area contributed by atoms with Crippen LogP contribution < -0.4 is 9.62 Å². The average molecular weight is 645 g/mol. The van der Waals surface area contributed by atoms with Crippen molar-refractivity contribution in [1.82, 2.24) is 10.2 Å². The van der Waals surface area contributed by atoms with Gasteiger partial charge in [-0.1, -0.05) is 85.8 Å². The first kappa shape index (κ1) is 32.8. The number of sulfonamides is 1. The fourth-order valence-electron chi connectivity index (χ4n) is 5.54. The van der Waals surface area contributed by atoms with Gasteiger partial charge in [0.15, 0.2) is 0 Å². The van der Waals surface area contributed by atoms with E-state index < -0.39 is 28.5 Å². The molecule has 1 unspecified atom stereocenters. The third-order valence-electron chi connectivity index (χ3n) is 7.97. The molecular formula is C33H39Cl2N3O4S. The first-order valence-corrected chi connectivity index (χ1v) is 16.9. The normalized spacial score (nSPS) is 14.6. The van der Waals surface area contributed by atoms with Crippen molar-refractivity contribution in [3.63, 3.8) is 0 Å². The largest absolute Gasteiger partial charge is 0.352 e. The maximum Gasteiger partial charge on any atom is 0.264 e. The molecule has 43 heavy (non-hydrogen) atoms. The van der Waals surface area contributed by atoms with Gasteiger partial charge in [0.2, 0.25) is 11.8 Å². The molecule has 1 saturated carbocycles. The Morgan fingerprint density at radius 1 is 0.930 bits per heavy atom. The van der Waals surface area contributed by atoms with Crippen LogP contribution in [-0.2, 0) is 26.2 Å². The molecule has 0 spiro atoms. The Bertz CT molecular complexity index is 1520. The fraction of sp³-hybridized carbons (Fsp3) is 0.394. The number of anilines is 1. The molecule has 230 valence electrons. The summed E-state index contributed by atoms with van der Waals surface area (Å²) in [4.78, 5) is 29.6. The van der Waals surface area contributed by atoms with Crippen LogP contribution in [0.25, 0.3) is 0 Å². The minimum Gasteiger partial charge on any atom is -0.352 e. The van der Waals surface area contributed by atoms with E-state index in [1.807, 2.05) is 26.0 Å². The lowest BCUT2D eigenvalue weighted by Gasteiger charge is -2.35. The van der Waals surface area contributed by atoms with Gasteiger partial charge in [0.1, 0.15) is 12.6 Å². The third kappa shape index (κ3) is 7.91. The lowest BCUT2D eigenvalue weighted by atomic mass is 9.95. The number of nitrogens with zero attached hydrogens (tertiary/aromatic N) is 2. The number of carbonyl (C=O) groups is 2. The van der Waals surface area contributed by atoms with Crippen LogP contribution in [0.4, 0.5) is 5.69 Å². The summed E-state index contributed by atoms with van der Waals surface area (Å²) in [6.45, 7) is 4.94. The van der Waals surface area contributed by atoms with Crippen LogP contribution >= 0.6 is 23.2 Å². The summed E-state index contributed by atoms with van der Waals surface area (Å²) >= 11 is 13.0. The highest BCUT2D eigenvalue weighted by atomic mass is 35.5. The molecule has 0 aromatic heterocycles. The van der Waals surface area contributed by atoms with Crippen molar-refractivity contribution < 1.29 is 18.0 Å². The second-order valence-electron chi connectivity index (χ2n) is 11.1. The van der Waals surface area contributed by atoms with Crippen molar-refractivity contribution in [1.29, 1.82) is 0 Å². The number of benzene rings is 3. The van der Waals surface area contributed by atoms with Gasteiger partial charge < -0.3 is 10.2 Å². The van der Waals surface area contributed by atoms with Gasteiger partial charge in [-0.15, -0.1) is 0 Å². The smallest absolute Gasteiger partial charge is 0.264 e. The molecule has 0 heterocycles. The van der Waals surface area contributed by atoms with Crippen LogP contribution in [-0.4, -0.2) is 43.8 Å². The SMILES string of the molecule is CCC(C(=O)NC1CCCCC1)N(Cc1c(Cl)cccc1Cl)C(=O)CN(c1cc(C)ccc1C)S(=O)(=O)c1ccccc1. The summed E-state index contributed by atoms with van der Waals surface area (Å²) in [7, 11) is -4.15. The van der Waals surface area contributed by atoms with Crippen LogP contribution in [0.5, 0.6) is 0 Å². The molecule has 1 N–H and O–H groups in total. The van der Waals surface area contributed by atoms with E-state index in [9.17, 15) is 18.0 Å². The Hall–Kier alpha value is -3.07. The highest BCUT2D eigenvalue weighted by Gasteiger charge is 2.35. The first-order chi connectivity index (χ1) is 20.5. The minimum absolute atomic E-state index is 0.0426. The quantitative estimate of drug-likeness (QED) is 0.242. The number of amides is 2. The Morgan fingerprint density at radius 2 is 1.58 bits per heavy atom. The number of halogens is 2. The maximum atomic E-state index is 14.4. The summed E-state index contributed by atoms with van der Waals surface area (Å²) in [6, 6.07) is 17.8. The van der Waals surface area contributed by atoms with Gasteiger partial charge in [0, 0.05) is 28.2 Å². The molecule has 0 aliphatic heterocycles. The Morgan fingerprint density at radius 3 is 2.21 bits per heavy atom. The summed E-state index contributed by atoms with van der Waals surface area (Å²) in [5, 5.41) is 3.86. The molecule has 1 aliphatic carbocycles. The highest BCUT2D eigenvalue weighted by Crippen LogP contribution is 2.30. The van der Waals surface area contributed by atoms with Gasteiger partial charge in [0.05, 0.1) is 10.6 Å². The standard InChI is InChI=1S/C33H39Cl2N3O4S/c1-4-30(33(40)36-25-12-7-5-8-13-25)37(21-27-28(34)16-11-17-29(27)35)32(39)22-38(31-20-23(2)18-19-24(31)3)43(41,42)26-14-9-6-10-15-26/h6,9-11,14-20,25,30H,4-5,7-8,12-13,21-22H2,1-3H3,(H,36,40). The van der Waals surface area contributed by atoms with Crippen molar-refractivity contribution in [2.24, 2.45) is 0 Å². The Balaban J connectivity index is 1.76. The van der Waals surface area contributed by atoms with Crippen LogP contribution in [0.15, 0.2) is 71.6 Å². The molecule has 3 aromatic rings. The van der Waals surface area contributed by atoms with Crippen molar-refractivity contribution in [2.45, 2.75) is 82.8 Å². The zero-order valence-electron chi connectivity index (χ0n) is 24.9. The number of rotatable bonds is 11. The number of hydrogen-bond acceptors (Lipinski definition) is 4. The van der Waals surface area contributed by atoms with Gasteiger partial charge >= 0.3 is 0 Å². The first-order valence-electron chi connectivity index (χ1n) is 14.7. The van der Waals surface area contributed by atoms with Crippen LogP contribution in [0.1, 0.15) is 62.1 Å². The number of hydrogen-bond donors (Lipinski definition) is 1. The summed E-state index contributed by atoms with van der Waals surface area (Å²) in [5.74, 6) is -0.808. The molecule has 2 amide bonds. The van der Waals surface area contributed by atoms with Gasteiger partial charge in [-0.05, 0) is 74.6 Å². The van der Waals surface area contributed by atoms with Crippen molar-refractivity contribution in [2.75, 3.05) is 10.8 Å². The molecule has 1 atom stereocenters. The molecule has 0 radical (unpaired) electrons. The van der Waals surface area contributed by atoms with E-state index in [0.29, 0.717) is 33.3 Å². The monoisotopic (exact) mass is 643 g/mol. The molecule has 4 rings (SSSR count). The average Bonchev–Trinajstić information content (AvgIpc) is 2.99. The van der Waals surface area contributed by atoms with E-state index in [-0.39, 0.29) is 23.4 Å². The predicted molar refractivity (Wildman–Crippen MR) is 173 cm³/mol. The molecule has 1 fully saturated rings. The van der Waals surface area contributed by atoms with Crippen molar-refractivity contribution in [3.05, 3.63) is 93.5 Å².